The second-order valence-corrected chi connectivity index (χ2v) is 8.54. The number of amides is 1. The Kier molecular flexibility index (Phi) is 11.3. The third kappa shape index (κ3) is 8.88. The zero-order valence-corrected chi connectivity index (χ0v) is 21.3. The molecule has 0 saturated heterocycles. The summed E-state index contributed by atoms with van der Waals surface area (Å²) in [4.78, 5) is 40.5. The van der Waals surface area contributed by atoms with Gasteiger partial charge in [0.05, 0.1) is 11.6 Å². The van der Waals surface area contributed by atoms with Crippen LogP contribution in [0.5, 0.6) is 11.5 Å². The van der Waals surface area contributed by atoms with Gasteiger partial charge in [-0.25, -0.2) is 14.0 Å². The second-order valence-electron chi connectivity index (χ2n) is 8.54. The van der Waals surface area contributed by atoms with Crippen molar-refractivity contribution in [2.24, 2.45) is 11.5 Å². The molecule has 216 valence electrons. The highest BCUT2D eigenvalue weighted by molar-refractivity contribution is 5.91. The summed E-state index contributed by atoms with van der Waals surface area (Å²) in [6.45, 7) is 0.336. The first-order valence-electron chi connectivity index (χ1n) is 11.8. The van der Waals surface area contributed by atoms with E-state index in [1.165, 1.54) is 24.1 Å². The molecule has 3 aromatic rings. The Labute approximate surface area is 226 Å². The monoisotopic (exact) mass is 568 g/mol. The van der Waals surface area contributed by atoms with E-state index in [9.17, 15) is 32.3 Å². The Bertz CT molecular complexity index is 1330. The summed E-state index contributed by atoms with van der Waals surface area (Å²) in [7, 11) is 1.48. The number of alkyl halides is 3. The number of carbonyl (C=O) groups is 3. The van der Waals surface area contributed by atoms with Crippen LogP contribution >= 0.6 is 0 Å². The number of carboxylic acids is 1. The maximum absolute atomic E-state index is 13.6. The van der Waals surface area contributed by atoms with E-state index in [1.54, 1.807) is 24.4 Å². The minimum Gasteiger partial charge on any atom is -0.505 e. The van der Waals surface area contributed by atoms with E-state index in [-0.39, 0.29) is 6.42 Å². The van der Waals surface area contributed by atoms with E-state index < -0.39 is 47.7 Å². The number of nitrogens with zero attached hydrogens (tertiary/aromatic N) is 2. The molecule has 0 aliphatic carbocycles. The van der Waals surface area contributed by atoms with Gasteiger partial charge in [0.2, 0.25) is 5.91 Å². The van der Waals surface area contributed by atoms with Crippen LogP contribution in [0.2, 0.25) is 0 Å². The van der Waals surface area contributed by atoms with E-state index in [4.69, 9.17) is 26.1 Å². The number of likely N-dealkylation sites (N-methyl/N-ethyl adjacent to an activating group) is 1. The number of pyridine rings is 1. The Balaban J connectivity index is 0.000000708. The van der Waals surface area contributed by atoms with Crippen molar-refractivity contribution >= 4 is 28.7 Å². The number of nitrogens with two attached hydrogens (primary N) is 2. The SMILES string of the molecule is CN(C(=O)[C@@H](N)Cc1ccc(O)c(F)c1)[C@@H](CCCN)C(=O)Oc1ccnc2ccccc12.O=C(O)C(F)(F)F. The number of esters is 1. The number of aliphatic carboxylic acids is 1. The second kappa shape index (κ2) is 14.2. The third-order valence-electron chi connectivity index (χ3n) is 5.62. The Morgan fingerprint density at radius 1 is 1.12 bits per heavy atom. The van der Waals surface area contributed by atoms with E-state index in [1.807, 2.05) is 12.1 Å². The average Bonchev–Trinajstić information content (AvgIpc) is 2.90. The van der Waals surface area contributed by atoms with Crippen LogP contribution < -0.4 is 16.2 Å². The topological polar surface area (TPSA) is 169 Å². The van der Waals surface area contributed by atoms with Crippen molar-refractivity contribution in [3.63, 3.8) is 0 Å². The van der Waals surface area contributed by atoms with Crippen LogP contribution in [0, 0.1) is 5.82 Å². The summed E-state index contributed by atoms with van der Waals surface area (Å²) in [5, 5.41) is 17.1. The van der Waals surface area contributed by atoms with Gasteiger partial charge in [-0.15, -0.1) is 0 Å². The molecule has 0 saturated carbocycles. The quantitative estimate of drug-likeness (QED) is 0.224. The highest BCUT2D eigenvalue weighted by atomic mass is 19.4. The van der Waals surface area contributed by atoms with Crippen LogP contribution in [0.1, 0.15) is 18.4 Å². The molecule has 10 nitrogen and oxygen atoms in total. The maximum atomic E-state index is 13.6. The smallest absolute Gasteiger partial charge is 0.490 e. The van der Waals surface area contributed by atoms with Gasteiger partial charge in [0.25, 0.3) is 0 Å². The summed E-state index contributed by atoms with van der Waals surface area (Å²) in [6, 6.07) is 10.7. The number of phenolic OH excluding ortho intramolecular Hbond substituents is 1. The van der Waals surface area contributed by atoms with E-state index in [0.29, 0.717) is 41.6 Å². The zero-order chi connectivity index (χ0) is 30.0. The first kappa shape index (κ1) is 31.9. The van der Waals surface area contributed by atoms with Gasteiger partial charge in [0, 0.05) is 18.6 Å². The van der Waals surface area contributed by atoms with Crippen molar-refractivity contribution in [2.75, 3.05) is 13.6 Å². The molecule has 1 amide bonds. The molecular weight excluding hydrogens is 540 g/mol. The minimum absolute atomic E-state index is 0.0357. The van der Waals surface area contributed by atoms with Crippen LogP contribution in [-0.4, -0.2) is 69.8 Å². The van der Waals surface area contributed by atoms with Crippen LogP contribution in [0.25, 0.3) is 10.9 Å². The number of para-hydroxylation sites is 1. The molecule has 1 heterocycles. The zero-order valence-electron chi connectivity index (χ0n) is 21.3. The molecular formula is C26H28F4N4O6. The number of ether oxygens (including phenoxy) is 1. The van der Waals surface area contributed by atoms with Gasteiger partial charge in [-0.05, 0) is 61.7 Å². The number of aromatic nitrogens is 1. The van der Waals surface area contributed by atoms with Crippen LogP contribution in [-0.2, 0) is 20.8 Å². The molecule has 1 aromatic heterocycles. The fraction of sp³-hybridized carbons (Fsp3) is 0.308. The lowest BCUT2D eigenvalue weighted by Gasteiger charge is -2.29. The molecule has 2 aromatic carbocycles. The lowest BCUT2D eigenvalue weighted by molar-refractivity contribution is -0.192. The first-order chi connectivity index (χ1) is 18.8. The van der Waals surface area contributed by atoms with Gasteiger partial charge in [0.1, 0.15) is 11.8 Å². The molecule has 14 heteroatoms. The molecule has 2 atom stereocenters. The predicted octanol–water partition coefficient (Wildman–Crippen LogP) is 2.75. The highest BCUT2D eigenvalue weighted by Gasteiger charge is 2.38. The number of hydrogen-bond donors (Lipinski definition) is 4. The normalized spacial score (nSPS) is 12.6. The van der Waals surface area contributed by atoms with Crippen molar-refractivity contribution in [1.29, 1.82) is 0 Å². The predicted molar refractivity (Wildman–Crippen MR) is 136 cm³/mol. The van der Waals surface area contributed by atoms with Gasteiger partial charge in [-0.3, -0.25) is 9.78 Å². The first-order valence-corrected chi connectivity index (χ1v) is 11.8. The summed E-state index contributed by atoms with van der Waals surface area (Å²) in [6.07, 6.45) is -2.72. The number of carbonyl (C=O) groups excluding carboxylic acids is 2. The van der Waals surface area contributed by atoms with Gasteiger partial charge < -0.3 is 31.3 Å². The number of halogens is 4. The van der Waals surface area contributed by atoms with Crippen LogP contribution in [0.3, 0.4) is 0 Å². The lowest BCUT2D eigenvalue weighted by Crippen LogP contribution is -2.51. The standard InChI is InChI=1S/C24H27FN4O4.C2HF3O2/c1-29(23(31)18(27)14-15-8-9-21(30)17(25)13-15)20(7-4-11-26)24(32)33-22-10-12-28-19-6-3-2-5-16(19)22;3-2(4,5)1(6)7/h2-3,5-6,8-10,12-13,18,20,30H,4,7,11,14,26-27H2,1H3;(H,6,7)/t18-,20-;/m0./s1. The van der Waals surface area contributed by atoms with Crippen molar-refractivity contribution in [1.82, 2.24) is 9.88 Å². The van der Waals surface area contributed by atoms with Gasteiger partial charge >= 0.3 is 18.1 Å². The van der Waals surface area contributed by atoms with Gasteiger partial charge in [-0.1, -0.05) is 18.2 Å². The number of hydrogen-bond acceptors (Lipinski definition) is 8. The molecule has 0 unspecified atom stereocenters. The summed E-state index contributed by atoms with van der Waals surface area (Å²) in [5.41, 5.74) is 12.8. The van der Waals surface area contributed by atoms with Crippen molar-refractivity contribution < 1.29 is 46.9 Å². The van der Waals surface area contributed by atoms with Crippen molar-refractivity contribution in [2.45, 2.75) is 37.5 Å². The number of carboxylic acid groups (broad SMARTS) is 1. The van der Waals surface area contributed by atoms with E-state index in [2.05, 4.69) is 4.98 Å². The molecule has 0 radical (unpaired) electrons. The molecule has 40 heavy (non-hydrogen) atoms. The summed E-state index contributed by atoms with van der Waals surface area (Å²) in [5.74, 6) is -4.81. The Morgan fingerprint density at radius 3 is 2.38 bits per heavy atom. The fourth-order valence-corrected chi connectivity index (χ4v) is 3.55. The molecule has 0 aliphatic heterocycles. The van der Waals surface area contributed by atoms with Gasteiger partial charge in [0.15, 0.2) is 11.6 Å². The fourth-order valence-electron chi connectivity index (χ4n) is 3.55. The molecule has 0 fully saturated rings. The van der Waals surface area contributed by atoms with Crippen molar-refractivity contribution in [3.05, 3.63) is 66.1 Å². The molecule has 3 rings (SSSR count). The van der Waals surface area contributed by atoms with Crippen LogP contribution in [0.4, 0.5) is 17.6 Å². The molecule has 0 spiro atoms. The average molecular weight is 569 g/mol. The molecule has 0 aliphatic rings. The molecule has 6 N–H and O–H groups in total. The summed E-state index contributed by atoms with van der Waals surface area (Å²) >= 11 is 0. The Morgan fingerprint density at radius 2 is 1.77 bits per heavy atom. The van der Waals surface area contributed by atoms with Crippen LogP contribution in [0.15, 0.2) is 54.7 Å². The number of rotatable bonds is 9. The van der Waals surface area contributed by atoms with E-state index in [0.717, 1.165) is 6.07 Å². The highest BCUT2D eigenvalue weighted by Crippen LogP contribution is 2.25. The largest absolute Gasteiger partial charge is 0.505 e. The number of benzene rings is 2. The maximum Gasteiger partial charge on any atom is 0.490 e. The molecule has 0 bridgehead atoms. The Hall–Kier alpha value is -4.30. The summed E-state index contributed by atoms with van der Waals surface area (Å²) < 4.78 is 51.0. The number of phenols is 1. The third-order valence-corrected chi connectivity index (χ3v) is 5.62. The number of fused-ring (bicyclic) bond motifs is 1. The lowest BCUT2D eigenvalue weighted by atomic mass is 10.0. The minimum atomic E-state index is -5.08. The van der Waals surface area contributed by atoms with Gasteiger partial charge in [-0.2, -0.15) is 13.2 Å². The number of aromatic hydroxyl groups is 1. The van der Waals surface area contributed by atoms with Crippen molar-refractivity contribution in [3.8, 4) is 11.5 Å². The van der Waals surface area contributed by atoms with E-state index >= 15 is 0 Å².